The molecule has 1 aromatic carbocycles. The van der Waals surface area contributed by atoms with Crippen LogP contribution in [0.1, 0.15) is 16.4 Å². The van der Waals surface area contributed by atoms with E-state index < -0.39 is 25.2 Å². The molecule has 0 bridgehead atoms. The van der Waals surface area contributed by atoms with Crippen molar-refractivity contribution in [2.24, 2.45) is 0 Å². The average molecular weight is 312 g/mol. The van der Waals surface area contributed by atoms with E-state index >= 15 is 0 Å². The van der Waals surface area contributed by atoms with Crippen molar-refractivity contribution in [3.05, 3.63) is 34.9 Å². The first-order valence-corrected chi connectivity index (χ1v) is 6.41. The van der Waals surface area contributed by atoms with Gasteiger partial charge in [-0.2, -0.15) is 0 Å². The molecule has 0 amide bonds. The molecule has 0 heterocycles. The van der Waals surface area contributed by atoms with Crippen LogP contribution in [-0.4, -0.2) is 9.08 Å². The molecule has 0 radical (unpaired) electrons. The third kappa shape index (κ3) is 3.52. The van der Waals surface area contributed by atoms with Crippen LogP contribution in [-0.2, 0) is 0 Å². The summed E-state index contributed by atoms with van der Waals surface area (Å²) >= 11 is 4.90. The van der Waals surface area contributed by atoms with Gasteiger partial charge in [0.25, 0.3) is 0 Å². The molecule has 0 aromatic heterocycles. The van der Waals surface area contributed by atoms with Gasteiger partial charge in [-0.15, -0.1) is 0 Å². The zero-order valence-corrected chi connectivity index (χ0v) is 9.91. The van der Waals surface area contributed by atoms with E-state index in [1.54, 1.807) is 12.1 Å². The van der Waals surface area contributed by atoms with Crippen LogP contribution in [0.25, 0.3) is 0 Å². The minimum absolute atomic E-state index is 0.147. The van der Waals surface area contributed by atoms with Crippen molar-refractivity contribution in [3.63, 3.8) is 0 Å². The van der Waals surface area contributed by atoms with Crippen molar-refractivity contribution in [2.75, 3.05) is 0 Å². The summed E-state index contributed by atoms with van der Waals surface area (Å²) in [6.07, 6.45) is 0. The Bertz CT molecular complexity index is 297. The van der Waals surface area contributed by atoms with E-state index in [4.69, 9.17) is 16.7 Å². The molecule has 0 aliphatic heterocycles. The van der Waals surface area contributed by atoms with Crippen molar-refractivity contribution in [3.8, 4) is 0 Å². The van der Waals surface area contributed by atoms with Gasteiger partial charge in [0, 0.05) is 0 Å². The van der Waals surface area contributed by atoms with E-state index in [-0.39, 0.29) is 3.92 Å². The van der Waals surface area contributed by atoms with Crippen LogP contribution in [0.3, 0.4) is 0 Å². The van der Waals surface area contributed by atoms with Crippen LogP contribution >= 0.6 is 11.6 Å². The van der Waals surface area contributed by atoms with Crippen LogP contribution in [0, 0.1) is 0 Å². The number of carboxylic acid groups (broad SMARTS) is 1. The second kappa shape index (κ2) is 4.81. The van der Waals surface area contributed by atoms with Gasteiger partial charge in [-0.25, -0.2) is 0 Å². The minimum atomic E-state index is -0.813. The predicted molar refractivity (Wildman–Crippen MR) is 47.9 cm³/mol. The van der Waals surface area contributed by atoms with Gasteiger partial charge in [0.05, 0.1) is 0 Å². The van der Waals surface area contributed by atoms with Crippen LogP contribution in [0.15, 0.2) is 24.3 Å². The number of hydrogen-bond acceptors (Lipinski definition) is 1. The average Bonchev–Trinajstić information content (AvgIpc) is 2.04. The van der Waals surface area contributed by atoms with Crippen LogP contribution in [0.5, 0.6) is 0 Å². The maximum atomic E-state index is 10.5. The summed E-state index contributed by atoms with van der Waals surface area (Å²) in [6, 6.07) is 7.35. The van der Waals surface area contributed by atoms with Crippen LogP contribution in [0.4, 0.5) is 4.79 Å². The van der Waals surface area contributed by atoms with E-state index in [2.05, 4.69) is 0 Å². The van der Waals surface area contributed by atoms with Crippen molar-refractivity contribution < 1.29 is 31.1 Å². The number of alkyl halides is 1. The molecule has 4 heteroatoms. The van der Waals surface area contributed by atoms with Gasteiger partial charge in [-0.3, -0.25) is 0 Å². The quantitative estimate of drug-likeness (QED) is 0.491. The summed E-state index contributed by atoms with van der Waals surface area (Å²) in [5.74, 6) is 0. The van der Waals surface area contributed by atoms with Crippen LogP contribution < -0.4 is 21.2 Å². The fourth-order valence-corrected chi connectivity index (χ4v) is 2.63. The molecule has 0 aliphatic rings. The molecule has 1 unspecified atom stereocenters. The molecule has 0 fully saturated rings. The summed E-state index contributed by atoms with van der Waals surface area (Å²) in [5, 5.41) is 9.31. The molecule has 0 aliphatic carbocycles. The van der Waals surface area contributed by atoms with E-state index in [0.717, 1.165) is 5.56 Å². The molecule has 1 aromatic rings. The molecule has 13 heavy (non-hydrogen) atoms. The summed E-state index contributed by atoms with van der Waals surface area (Å²) in [6.45, 7) is 1.94. The fourth-order valence-electron chi connectivity index (χ4n) is 0.931. The summed E-state index contributed by atoms with van der Waals surface area (Å²) in [7, 11) is 0. The van der Waals surface area contributed by atoms with E-state index in [0.29, 0.717) is 5.02 Å². The summed E-state index contributed by atoms with van der Waals surface area (Å²) in [5.41, 5.74) is 1.06. The first-order valence-electron chi connectivity index (χ1n) is 3.71. The number of halogens is 2. The molecule has 1 N–H and O–H groups in total. The van der Waals surface area contributed by atoms with Crippen molar-refractivity contribution in [1.82, 2.24) is 0 Å². The molecule has 72 valence electrons. The van der Waals surface area contributed by atoms with Gasteiger partial charge < -0.3 is 0 Å². The normalized spacial score (nSPS) is 12.8. The molecule has 0 saturated carbocycles. The Kier molecular flexibility index (Phi) is 3.99. The fraction of sp³-hybridized carbons (Fsp3) is 0.222. The number of hydrogen-bond donors (Lipinski definition) is 1. The first-order chi connectivity index (χ1) is 6.09. The molecule has 1 atom stereocenters. The Morgan fingerprint density at radius 1 is 1.46 bits per heavy atom. The Labute approximate surface area is 92.2 Å². The van der Waals surface area contributed by atoms with Crippen molar-refractivity contribution in [2.45, 2.75) is 10.8 Å². The third-order valence-corrected chi connectivity index (χ3v) is 4.02. The standard InChI is InChI=1S/C9H9ClIO2/c1-6(11-9(12)13)7-2-4-8(10)5-3-7/h2-6H,1H3,(H,12,13)/q-1. The second-order valence-corrected chi connectivity index (χ2v) is 6.38. The molecule has 2 nitrogen and oxygen atoms in total. The Morgan fingerprint density at radius 3 is 2.46 bits per heavy atom. The first kappa shape index (κ1) is 10.8. The zero-order chi connectivity index (χ0) is 9.84. The van der Waals surface area contributed by atoms with Gasteiger partial charge in [0.2, 0.25) is 0 Å². The van der Waals surface area contributed by atoms with Crippen LogP contribution in [0.2, 0.25) is 5.02 Å². The molecule has 1 rings (SSSR count). The topological polar surface area (TPSA) is 37.3 Å². The molecule has 0 saturated heterocycles. The third-order valence-electron chi connectivity index (χ3n) is 1.59. The van der Waals surface area contributed by atoms with Gasteiger partial charge in [-0.1, -0.05) is 0 Å². The summed E-state index contributed by atoms with van der Waals surface area (Å²) < 4.78 is -0.519. The van der Waals surface area contributed by atoms with Gasteiger partial charge in [0.1, 0.15) is 0 Å². The van der Waals surface area contributed by atoms with Gasteiger partial charge >= 0.3 is 92.4 Å². The van der Waals surface area contributed by atoms with Crippen molar-refractivity contribution >= 4 is 15.6 Å². The number of rotatable bonds is 3. The van der Waals surface area contributed by atoms with E-state index in [9.17, 15) is 4.79 Å². The monoisotopic (exact) mass is 311 g/mol. The Hall–Kier alpha value is -0.290. The predicted octanol–water partition coefficient (Wildman–Crippen LogP) is 0.168. The van der Waals surface area contributed by atoms with Gasteiger partial charge in [0.15, 0.2) is 0 Å². The number of carbonyl (C=O) groups is 1. The Balaban J connectivity index is 2.71. The number of benzene rings is 1. The zero-order valence-electron chi connectivity index (χ0n) is 7.00. The van der Waals surface area contributed by atoms with Crippen molar-refractivity contribution in [1.29, 1.82) is 0 Å². The summed E-state index contributed by atoms with van der Waals surface area (Å²) in [4.78, 5) is 10.5. The molecular weight excluding hydrogens is 302 g/mol. The van der Waals surface area contributed by atoms with E-state index in [1.165, 1.54) is 0 Å². The molecular formula is C9H9ClIO2-. The van der Waals surface area contributed by atoms with E-state index in [1.807, 2.05) is 19.1 Å². The second-order valence-electron chi connectivity index (χ2n) is 2.53. The SMILES string of the molecule is CC([I-]C(=O)O)c1ccc(Cl)cc1. The Morgan fingerprint density at radius 2 is 2.00 bits per heavy atom. The maximum absolute atomic E-state index is 10.5. The van der Waals surface area contributed by atoms with Gasteiger partial charge in [-0.05, 0) is 0 Å². The molecule has 0 spiro atoms.